The maximum atomic E-state index is 11.5. The number of hydrogen-bond donors (Lipinski definition) is 2. The molecule has 1 aromatic heterocycles. The molecule has 1 heterocycles. The highest BCUT2D eigenvalue weighted by atomic mass is 32.2. The first-order valence-electron chi connectivity index (χ1n) is 6.21. The molecule has 1 atom stereocenters. The van der Waals surface area contributed by atoms with Gasteiger partial charge in [0, 0.05) is 11.3 Å². The van der Waals surface area contributed by atoms with Crippen LogP contribution in [0.1, 0.15) is 29.7 Å². The van der Waals surface area contributed by atoms with Crippen LogP contribution in [0.25, 0.3) is 0 Å². The summed E-state index contributed by atoms with van der Waals surface area (Å²) in [6.07, 6.45) is 3.26. The van der Waals surface area contributed by atoms with Crippen molar-refractivity contribution >= 4 is 15.7 Å². The molecular weight excluding hydrogens is 276 g/mol. The van der Waals surface area contributed by atoms with Crippen molar-refractivity contribution in [1.82, 2.24) is 0 Å². The maximum absolute atomic E-state index is 11.5. The van der Waals surface area contributed by atoms with Crippen LogP contribution in [0.5, 0.6) is 0 Å². The molecule has 0 bridgehead atoms. The van der Waals surface area contributed by atoms with E-state index in [0.29, 0.717) is 0 Å². The predicted molar refractivity (Wildman–Crippen MR) is 78.0 cm³/mol. The van der Waals surface area contributed by atoms with E-state index in [1.54, 1.807) is 24.7 Å². The van der Waals surface area contributed by atoms with E-state index in [1.165, 1.54) is 0 Å². The van der Waals surface area contributed by atoms with Crippen molar-refractivity contribution in [1.29, 1.82) is 0 Å². The van der Waals surface area contributed by atoms with E-state index in [9.17, 15) is 8.42 Å². The second kappa shape index (κ2) is 5.30. The second-order valence-electron chi connectivity index (χ2n) is 4.88. The molecule has 0 aliphatic carbocycles. The van der Waals surface area contributed by atoms with Gasteiger partial charge in [0.25, 0.3) is 0 Å². The molecule has 0 aliphatic heterocycles. The summed E-state index contributed by atoms with van der Waals surface area (Å²) in [5.74, 6) is 0. The minimum Gasteiger partial charge on any atom is -0.472 e. The van der Waals surface area contributed by atoms with Crippen LogP contribution < -0.4 is 10.5 Å². The molecule has 0 saturated carbocycles. The number of nitrogens with two attached hydrogens (primary N) is 1. The number of anilines is 1. The SMILES string of the molecule is Cc1cc(S(N)(=O)=O)cc(NC(C)c2ccoc2)c1C. The second-order valence-corrected chi connectivity index (χ2v) is 6.44. The number of nitrogens with one attached hydrogen (secondary N) is 1. The summed E-state index contributed by atoms with van der Waals surface area (Å²) in [6.45, 7) is 5.77. The van der Waals surface area contributed by atoms with Crippen LogP contribution in [0, 0.1) is 13.8 Å². The Labute approximate surface area is 118 Å². The molecule has 1 unspecified atom stereocenters. The van der Waals surface area contributed by atoms with Gasteiger partial charge in [0.1, 0.15) is 0 Å². The molecule has 0 saturated heterocycles. The topological polar surface area (TPSA) is 85.3 Å². The average molecular weight is 294 g/mol. The van der Waals surface area contributed by atoms with Crippen LogP contribution in [-0.2, 0) is 10.0 Å². The van der Waals surface area contributed by atoms with Gasteiger partial charge in [-0.2, -0.15) is 0 Å². The molecular formula is C14H18N2O3S. The Morgan fingerprint density at radius 1 is 1.30 bits per heavy atom. The fourth-order valence-corrected chi connectivity index (χ4v) is 2.60. The zero-order valence-corrected chi connectivity index (χ0v) is 12.5. The largest absolute Gasteiger partial charge is 0.472 e. The zero-order valence-electron chi connectivity index (χ0n) is 11.7. The van der Waals surface area contributed by atoms with E-state index in [-0.39, 0.29) is 10.9 Å². The van der Waals surface area contributed by atoms with Crippen molar-refractivity contribution in [3.8, 4) is 0 Å². The van der Waals surface area contributed by atoms with Gasteiger partial charge in [-0.3, -0.25) is 0 Å². The third-order valence-corrected chi connectivity index (χ3v) is 4.28. The lowest BCUT2D eigenvalue weighted by Gasteiger charge is -2.18. The standard InChI is InChI=1S/C14H18N2O3S/c1-9-6-13(20(15,17)18)7-14(10(9)2)16-11(3)12-4-5-19-8-12/h4-8,11,16H,1-3H3,(H2,15,17,18). The molecule has 0 aliphatic rings. The third-order valence-electron chi connectivity index (χ3n) is 3.38. The minimum atomic E-state index is -3.71. The lowest BCUT2D eigenvalue weighted by atomic mass is 10.1. The van der Waals surface area contributed by atoms with Gasteiger partial charge >= 0.3 is 0 Å². The van der Waals surface area contributed by atoms with Gasteiger partial charge in [-0.15, -0.1) is 0 Å². The molecule has 2 aromatic rings. The number of primary sulfonamides is 1. The summed E-state index contributed by atoms with van der Waals surface area (Å²) in [4.78, 5) is 0.113. The Kier molecular flexibility index (Phi) is 3.87. The number of rotatable bonds is 4. The van der Waals surface area contributed by atoms with Crippen molar-refractivity contribution in [2.24, 2.45) is 5.14 Å². The van der Waals surface area contributed by atoms with Gasteiger partial charge < -0.3 is 9.73 Å². The first kappa shape index (κ1) is 14.6. The van der Waals surface area contributed by atoms with E-state index in [0.717, 1.165) is 22.4 Å². The molecule has 1 aromatic carbocycles. The van der Waals surface area contributed by atoms with Gasteiger partial charge in [-0.05, 0) is 50.1 Å². The molecule has 0 radical (unpaired) electrons. The van der Waals surface area contributed by atoms with Crippen molar-refractivity contribution in [2.45, 2.75) is 31.7 Å². The van der Waals surface area contributed by atoms with Gasteiger partial charge in [0.05, 0.1) is 23.5 Å². The van der Waals surface area contributed by atoms with E-state index < -0.39 is 10.0 Å². The summed E-state index contributed by atoms with van der Waals surface area (Å²) in [6, 6.07) is 5.01. The van der Waals surface area contributed by atoms with Crippen LogP contribution in [0.15, 0.2) is 40.0 Å². The lowest BCUT2D eigenvalue weighted by Crippen LogP contribution is -2.14. The van der Waals surface area contributed by atoms with Crippen LogP contribution in [0.4, 0.5) is 5.69 Å². The minimum absolute atomic E-state index is 0.00239. The molecule has 0 amide bonds. The average Bonchev–Trinajstić information content (AvgIpc) is 2.87. The highest BCUT2D eigenvalue weighted by Crippen LogP contribution is 2.27. The van der Waals surface area contributed by atoms with E-state index >= 15 is 0 Å². The van der Waals surface area contributed by atoms with E-state index in [1.807, 2.05) is 26.8 Å². The number of hydrogen-bond acceptors (Lipinski definition) is 4. The Morgan fingerprint density at radius 2 is 2.00 bits per heavy atom. The van der Waals surface area contributed by atoms with Gasteiger partial charge in [0.2, 0.25) is 10.0 Å². The summed E-state index contributed by atoms with van der Waals surface area (Å²) in [5.41, 5.74) is 3.61. The van der Waals surface area contributed by atoms with Gasteiger partial charge in [0.15, 0.2) is 0 Å². The normalized spacial score (nSPS) is 13.2. The third kappa shape index (κ3) is 3.02. The quantitative estimate of drug-likeness (QED) is 0.908. The van der Waals surface area contributed by atoms with Gasteiger partial charge in [-0.25, -0.2) is 13.6 Å². The van der Waals surface area contributed by atoms with Crippen molar-refractivity contribution in [3.63, 3.8) is 0 Å². The predicted octanol–water partition coefficient (Wildman–Crippen LogP) is 2.72. The first-order chi connectivity index (χ1) is 9.29. The number of aryl methyl sites for hydroxylation is 1. The summed E-state index contributed by atoms with van der Waals surface area (Å²) < 4.78 is 28.0. The van der Waals surface area contributed by atoms with Crippen LogP contribution >= 0.6 is 0 Å². The maximum Gasteiger partial charge on any atom is 0.238 e. The molecule has 108 valence electrons. The Bertz CT molecular complexity index is 706. The number of furan rings is 1. The summed E-state index contributed by atoms with van der Waals surface area (Å²) >= 11 is 0. The van der Waals surface area contributed by atoms with Crippen LogP contribution in [0.2, 0.25) is 0 Å². The first-order valence-corrected chi connectivity index (χ1v) is 7.76. The van der Waals surface area contributed by atoms with Crippen LogP contribution in [0.3, 0.4) is 0 Å². The van der Waals surface area contributed by atoms with Crippen molar-refractivity contribution < 1.29 is 12.8 Å². The highest BCUT2D eigenvalue weighted by molar-refractivity contribution is 7.89. The Balaban J connectivity index is 2.39. The zero-order chi connectivity index (χ0) is 14.9. The number of benzene rings is 1. The van der Waals surface area contributed by atoms with E-state index in [4.69, 9.17) is 9.56 Å². The molecule has 0 spiro atoms. The molecule has 20 heavy (non-hydrogen) atoms. The lowest BCUT2D eigenvalue weighted by molar-refractivity contribution is 0.562. The molecule has 2 rings (SSSR count). The van der Waals surface area contributed by atoms with Crippen molar-refractivity contribution in [2.75, 3.05) is 5.32 Å². The smallest absolute Gasteiger partial charge is 0.238 e. The highest BCUT2D eigenvalue weighted by Gasteiger charge is 2.14. The summed E-state index contributed by atoms with van der Waals surface area (Å²) in [7, 11) is -3.71. The monoisotopic (exact) mass is 294 g/mol. The molecule has 0 fully saturated rings. The fraction of sp³-hybridized carbons (Fsp3) is 0.286. The van der Waals surface area contributed by atoms with Crippen molar-refractivity contribution in [3.05, 3.63) is 47.4 Å². The van der Waals surface area contributed by atoms with E-state index in [2.05, 4.69) is 5.32 Å². The Morgan fingerprint density at radius 3 is 2.55 bits per heavy atom. The molecule has 3 N–H and O–H groups in total. The molecule has 5 nitrogen and oxygen atoms in total. The summed E-state index contributed by atoms with van der Waals surface area (Å²) in [5, 5.41) is 8.49. The fourth-order valence-electron chi connectivity index (χ4n) is 1.98. The Hall–Kier alpha value is -1.79. The van der Waals surface area contributed by atoms with Crippen LogP contribution in [-0.4, -0.2) is 8.42 Å². The molecule has 6 heteroatoms. The number of sulfonamides is 1. The van der Waals surface area contributed by atoms with Gasteiger partial charge in [-0.1, -0.05) is 0 Å².